The molecular formula is C24H25Cl2N3O5S2. The van der Waals surface area contributed by atoms with E-state index in [4.69, 9.17) is 23.2 Å². The maximum atomic E-state index is 12.6. The smallest absolute Gasteiger partial charge is 0.261 e. The van der Waals surface area contributed by atoms with Crippen molar-refractivity contribution in [3.8, 4) is 0 Å². The minimum absolute atomic E-state index is 0.0242. The molecule has 3 aromatic carbocycles. The van der Waals surface area contributed by atoms with Crippen LogP contribution in [0.25, 0.3) is 0 Å². The molecule has 0 aliphatic rings. The third kappa shape index (κ3) is 7.60. The van der Waals surface area contributed by atoms with Crippen molar-refractivity contribution in [1.29, 1.82) is 0 Å². The van der Waals surface area contributed by atoms with Crippen LogP contribution in [0.15, 0.2) is 71.6 Å². The van der Waals surface area contributed by atoms with Crippen molar-refractivity contribution in [2.75, 3.05) is 27.1 Å². The van der Waals surface area contributed by atoms with Gasteiger partial charge < -0.3 is 5.32 Å². The maximum Gasteiger partial charge on any atom is 0.261 e. The van der Waals surface area contributed by atoms with Crippen LogP contribution in [0.1, 0.15) is 18.4 Å². The standard InChI is InChI=1S/C24H25Cl2N3O5S2/c1-17-5-6-19(26)16-23(17)29(35(2,31)32)15-3-4-24(30)27-20-11-13-22(14-12-20)36(33,34)28-21-9-7-18(25)8-10-21/h5-14,16,28H,3-4,15H2,1-2H3,(H,27,30). The number of nitrogens with zero attached hydrogens (tertiary/aromatic N) is 1. The van der Waals surface area contributed by atoms with E-state index in [9.17, 15) is 21.6 Å². The van der Waals surface area contributed by atoms with Crippen molar-refractivity contribution in [2.24, 2.45) is 0 Å². The molecule has 0 unspecified atom stereocenters. The van der Waals surface area contributed by atoms with E-state index in [1.54, 1.807) is 49.4 Å². The molecule has 0 aliphatic carbocycles. The van der Waals surface area contributed by atoms with Crippen molar-refractivity contribution < 1.29 is 21.6 Å². The molecule has 0 radical (unpaired) electrons. The molecular weight excluding hydrogens is 545 g/mol. The Kier molecular flexibility index (Phi) is 8.89. The number of halogens is 2. The third-order valence-corrected chi connectivity index (χ3v) is 8.21. The van der Waals surface area contributed by atoms with E-state index in [0.717, 1.165) is 11.8 Å². The molecule has 0 saturated heterocycles. The first-order valence-corrected chi connectivity index (χ1v) is 14.9. The number of carbonyl (C=O) groups is 1. The Balaban J connectivity index is 1.59. The molecule has 3 aromatic rings. The average molecular weight is 571 g/mol. The summed E-state index contributed by atoms with van der Waals surface area (Å²) in [5, 5.41) is 3.59. The van der Waals surface area contributed by atoms with Crippen molar-refractivity contribution in [3.63, 3.8) is 0 Å². The second-order valence-corrected chi connectivity index (χ2v) is 12.5. The fourth-order valence-electron chi connectivity index (χ4n) is 3.37. The number of nitrogens with one attached hydrogen (secondary N) is 2. The highest BCUT2D eigenvalue weighted by Crippen LogP contribution is 2.27. The molecule has 8 nitrogen and oxygen atoms in total. The van der Waals surface area contributed by atoms with Crippen molar-refractivity contribution >= 4 is 66.2 Å². The number of benzene rings is 3. The monoisotopic (exact) mass is 569 g/mol. The fourth-order valence-corrected chi connectivity index (χ4v) is 5.74. The first-order chi connectivity index (χ1) is 16.8. The molecule has 0 fully saturated rings. The molecule has 36 heavy (non-hydrogen) atoms. The maximum absolute atomic E-state index is 12.6. The van der Waals surface area contributed by atoms with E-state index < -0.39 is 20.0 Å². The van der Waals surface area contributed by atoms with E-state index >= 15 is 0 Å². The van der Waals surface area contributed by atoms with Gasteiger partial charge in [-0.2, -0.15) is 0 Å². The first kappa shape index (κ1) is 27.8. The van der Waals surface area contributed by atoms with Gasteiger partial charge in [0.05, 0.1) is 16.8 Å². The third-order valence-electron chi connectivity index (χ3n) is 5.15. The Bertz CT molecular complexity index is 1440. The van der Waals surface area contributed by atoms with Gasteiger partial charge in [0.25, 0.3) is 10.0 Å². The topological polar surface area (TPSA) is 113 Å². The van der Waals surface area contributed by atoms with E-state index in [-0.39, 0.29) is 30.2 Å². The summed E-state index contributed by atoms with van der Waals surface area (Å²) >= 11 is 11.9. The molecule has 0 heterocycles. The first-order valence-electron chi connectivity index (χ1n) is 10.8. The van der Waals surface area contributed by atoms with E-state index in [1.165, 1.54) is 28.6 Å². The minimum Gasteiger partial charge on any atom is -0.326 e. The van der Waals surface area contributed by atoms with Crippen LogP contribution in [0.3, 0.4) is 0 Å². The number of anilines is 3. The van der Waals surface area contributed by atoms with E-state index in [0.29, 0.717) is 27.1 Å². The lowest BCUT2D eigenvalue weighted by atomic mass is 10.2. The van der Waals surface area contributed by atoms with Gasteiger partial charge in [-0.15, -0.1) is 0 Å². The second-order valence-electron chi connectivity index (χ2n) is 8.05. The summed E-state index contributed by atoms with van der Waals surface area (Å²) in [6, 6.07) is 16.9. The highest BCUT2D eigenvalue weighted by atomic mass is 35.5. The summed E-state index contributed by atoms with van der Waals surface area (Å²) in [4.78, 5) is 12.4. The van der Waals surface area contributed by atoms with Gasteiger partial charge in [-0.3, -0.25) is 13.8 Å². The molecule has 3 rings (SSSR count). The van der Waals surface area contributed by atoms with Crippen molar-refractivity contribution in [2.45, 2.75) is 24.7 Å². The van der Waals surface area contributed by atoms with Crippen molar-refractivity contribution in [1.82, 2.24) is 0 Å². The Morgan fingerprint density at radius 2 is 1.44 bits per heavy atom. The van der Waals surface area contributed by atoms with Crippen LogP contribution in [0.2, 0.25) is 10.0 Å². The van der Waals surface area contributed by atoms with Crippen LogP contribution in [-0.2, 0) is 24.8 Å². The largest absolute Gasteiger partial charge is 0.326 e. The lowest BCUT2D eigenvalue weighted by Crippen LogP contribution is -2.32. The normalized spacial score (nSPS) is 11.7. The zero-order valence-corrected chi connectivity index (χ0v) is 22.7. The van der Waals surface area contributed by atoms with Gasteiger partial charge in [-0.1, -0.05) is 29.3 Å². The summed E-state index contributed by atoms with van der Waals surface area (Å²) < 4.78 is 53.5. The fraction of sp³-hybridized carbons (Fsp3) is 0.208. The molecule has 0 aliphatic heterocycles. The van der Waals surface area contributed by atoms with Gasteiger partial charge >= 0.3 is 0 Å². The van der Waals surface area contributed by atoms with Gasteiger partial charge in [0.15, 0.2) is 0 Å². The van der Waals surface area contributed by atoms with E-state index in [2.05, 4.69) is 10.0 Å². The summed E-state index contributed by atoms with van der Waals surface area (Å²) in [5.41, 5.74) is 1.99. The summed E-state index contributed by atoms with van der Waals surface area (Å²) in [6.07, 6.45) is 1.43. The summed E-state index contributed by atoms with van der Waals surface area (Å²) in [5.74, 6) is -0.332. The number of amides is 1. The molecule has 0 spiro atoms. The second kappa shape index (κ2) is 11.5. The molecule has 0 bridgehead atoms. The van der Waals surface area contributed by atoms with Crippen LogP contribution >= 0.6 is 23.2 Å². The molecule has 12 heteroatoms. The van der Waals surface area contributed by atoms with Gasteiger partial charge in [0.1, 0.15) is 0 Å². The van der Waals surface area contributed by atoms with Crippen molar-refractivity contribution in [3.05, 3.63) is 82.3 Å². The Morgan fingerprint density at radius 1 is 0.861 bits per heavy atom. The molecule has 192 valence electrons. The van der Waals surface area contributed by atoms with Gasteiger partial charge in [-0.25, -0.2) is 16.8 Å². The molecule has 0 atom stereocenters. The predicted molar refractivity (Wildman–Crippen MR) is 145 cm³/mol. The highest BCUT2D eigenvalue weighted by molar-refractivity contribution is 7.92. The molecule has 1 amide bonds. The Hall–Kier alpha value is -2.79. The molecule has 2 N–H and O–H groups in total. The molecule has 0 saturated carbocycles. The average Bonchev–Trinajstić information content (AvgIpc) is 2.79. The number of sulfonamides is 2. The summed E-state index contributed by atoms with van der Waals surface area (Å²) in [7, 11) is -7.40. The Labute approximate surface area is 221 Å². The van der Waals surface area contributed by atoms with Gasteiger partial charge in [0, 0.05) is 34.4 Å². The number of rotatable bonds is 10. The number of carbonyl (C=O) groups excluding carboxylic acids is 1. The lowest BCUT2D eigenvalue weighted by Gasteiger charge is -2.24. The van der Waals surface area contributed by atoms with Crippen LogP contribution in [0.4, 0.5) is 17.1 Å². The van der Waals surface area contributed by atoms with Crippen LogP contribution in [0.5, 0.6) is 0 Å². The van der Waals surface area contributed by atoms with Crippen LogP contribution < -0.4 is 14.3 Å². The summed E-state index contributed by atoms with van der Waals surface area (Å²) in [6.45, 7) is 1.88. The van der Waals surface area contributed by atoms with Gasteiger partial charge in [-0.05, 0) is 79.6 Å². The number of hydrogen-bond donors (Lipinski definition) is 2. The van der Waals surface area contributed by atoms with Gasteiger partial charge in [0.2, 0.25) is 15.9 Å². The number of aryl methyl sites for hydroxylation is 1. The Morgan fingerprint density at radius 3 is 2.06 bits per heavy atom. The highest BCUT2D eigenvalue weighted by Gasteiger charge is 2.20. The predicted octanol–water partition coefficient (Wildman–Crippen LogP) is 5.29. The van der Waals surface area contributed by atoms with Crippen LogP contribution in [-0.4, -0.2) is 35.5 Å². The number of hydrogen-bond acceptors (Lipinski definition) is 5. The molecule has 0 aromatic heterocycles. The van der Waals surface area contributed by atoms with Crippen LogP contribution in [0, 0.1) is 6.92 Å². The lowest BCUT2D eigenvalue weighted by molar-refractivity contribution is -0.116. The quantitative estimate of drug-likeness (QED) is 0.344. The zero-order chi connectivity index (χ0) is 26.5. The SMILES string of the molecule is Cc1ccc(Cl)cc1N(CCCC(=O)Nc1ccc(S(=O)(=O)Nc2ccc(Cl)cc2)cc1)S(C)(=O)=O. The minimum atomic E-state index is -3.82. The zero-order valence-electron chi connectivity index (χ0n) is 19.5. The van der Waals surface area contributed by atoms with E-state index in [1.807, 2.05) is 0 Å².